The lowest BCUT2D eigenvalue weighted by Crippen LogP contribution is -2.15. The van der Waals surface area contributed by atoms with Crippen LogP contribution in [-0.4, -0.2) is 16.4 Å². The van der Waals surface area contributed by atoms with Crippen LogP contribution in [0.2, 0.25) is 5.15 Å². The van der Waals surface area contributed by atoms with Gasteiger partial charge in [0.05, 0.1) is 0 Å². The number of aryl methyl sites for hydroxylation is 1. The Bertz CT molecular complexity index is 422. The standard InChI is InChI=1S/C8H8ClN3O2/c1-3-4-14-11-7-5-6(13)8(9)10-12(7)2/h1,5,11H,4H2,2H3. The number of hydrogen-bond donors (Lipinski definition) is 1. The van der Waals surface area contributed by atoms with Crippen LogP contribution in [0.25, 0.3) is 0 Å². The van der Waals surface area contributed by atoms with E-state index in [2.05, 4.69) is 16.5 Å². The molecule has 0 fully saturated rings. The van der Waals surface area contributed by atoms with Crippen molar-refractivity contribution in [1.29, 1.82) is 0 Å². The van der Waals surface area contributed by atoms with Gasteiger partial charge in [-0.15, -0.1) is 6.42 Å². The molecule has 0 bridgehead atoms. The highest BCUT2D eigenvalue weighted by molar-refractivity contribution is 6.29. The molecule has 1 aromatic heterocycles. The van der Waals surface area contributed by atoms with Gasteiger partial charge in [0.1, 0.15) is 12.4 Å². The van der Waals surface area contributed by atoms with Gasteiger partial charge in [-0.3, -0.25) is 9.63 Å². The Morgan fingerprint density at radius 3 is 3.21 bits per heavy atom. The van der Waals surface area contributed by atoms with Gasteiger partial charge in [0.25, 0.3) is 0 Å². The topological polar surface area (TPSA) is 56.1 Å². The minimum Gasteiger partial charge on any atom is -0.286 e. The molecule has 0 unspecified atom stereocenters. The zero-order chi connectivity index (χ0) is 10.6. The van der Waals surface area contributed by atoms with E-state index < -0.39 is 0 Å². The quantitative estimate of drug-likeness (QED) is 0.449. The number of nitrogens with zero attached hydrogens (tertiary/aromatic N) is 2. The van der Waals surface area contributed by atoms with Crippen LogP contribution < -0.4 is 10.9 Å². The summed E-state index contributed by atoms with van der Waals surface area (Å²) in [7, 11) is 1.62. The predicted octanol–water partition coefficient (Wildman–Crippen LogP) is 0.410. The van der Waals surface area contributed by atoms with E-state index >= 15 is 0 Å². The van der Waals surface area contributed by atoms with Crippen LogP contribution >= 0.6 is 11.6 Å². The number of anilines is 1. The number of aromatic nitrogens is 2. The molecule has 6 heteroatoms. The van der Waals surface area contributed by atoms with E-state index in [1.807, 2.05) is 0 Å². The second kappa shape index (κ2) is 4.65. The summed E-state index contributed by atoms with van der Waals surface area (Å²) in [5.41, 5.74) is 2.10. The van der Waals surface area contributed by atoms with Crippen LogP contribution in [0.5, 0.6) is 0 Å². The SMILES string of the molecule is C#CCONc1cc(=O)c(Cl)nn1C. The Kier molecular flexibility index (Phi) is 3.51. The summed E-state index contributed by atoms with van der Waals surface area (Å²) < 4.78 is 1.38. The Morgan fingerprint density at radius 1 is 1.86 bits per heavy atom. The maximum absolute atomic E-state index is 11.1. The molecular weight excluding hydrogens is 206 g/mol. The number of rotatable bonds is 3. The molecule has 1 N–H and O–H groups in total. The molecule has 0 aliphatic heterocycles. The Labute approximate surface area is 85.6 Å². The van der Waals surface area contributed by atoms with Crippen LogP contribution in [-0.2, 0) is 11.9 Å². The van der Waals surface area contributed by atoms with E-state index in [1.54, 1.807) is 7.05 Å². The van der Waals surface area contributed by atoms with Gasteiger partial charge in [-0.05, 0) is 0 Å². The number of terminal acetylenes is 1. The maximum atomic E-state index is 11.1. The third-order valence-corrected chi connectivity index (χ3v) is 1.65. The molecular formula is C8H8ClN3O2. The molecule has 5 nitrogen and oxygen atoms in total. The van der Waals surface area contributed by atoms with Gasteiger partial charge in [-0.2, -0.15) is 5.10 Å². The third kappa shape index (κ3) is 2.49. The summed E-state index contributed by atoms with van der Waals surface area (Å²) in [5, 5.41) is 3.64. The maximum Gasteiger partial charge on any atom is 0.221 e. The normalized spacial score (nSPS) is 9.50. The fourth-order valence-corrected chi connectivity index (χ4v) is 0.927. The predicted molar refractivity (Wildman–Crippen MR) is 52.9 cm³/mol. The van der Waals surface area contributed by atoms with Crippen molar-refractivity contribution in [2.75, 3.05) is 12.1 Å². The lowest BCUT2D eigenvalue weighted by atomic mass is 10.5. The first kappa shape index (κ1) is 10.6. The third-order valence-electron chi connectivity index (χ3n) is 1.39. The van der Waals surface area contributed by atoms with Gasteiger partial charge in [0, 0.05) is 13.1 Å². The van der Waals surface area contributed by atoms with E-state index in [9.17, 15) is 4.79 Å². The highest BCUT2D eigenvalue weighted by atomic mass is 35.5. The highest BCUT2D eigenvalue weighted by Crippen LogP contribution is 2.03. The molecule has 74 valence electrons. The minimum absolute atomic E-state index is 0.0880. The fourth-order valence-electron chi connectivity index (χ4n) is 0.759. The van der Waals surface area contributed by atoms with Gasteiger partial charge < -0.3 is 0 Å². The molecule has 1 aromatic rings. The van der Waals surface area contributed by atoms with Crippen molar-refractivity contribution in [1.82, 2.24) is 9.78 Å². The second-order valence-electron chi connectivity index (χ2n) is 2.40. The Morgan fingerprint density at radius 2 is 2.57 bits per heavy atom. The summed E-state index contributed by atoms with van der Waals surface area (Å²) in [5.74, 6) is 2.65. The van der Waals surface area contributed by atoms with Crippen LogP contribution in [0, 0.1) is 12.3 Å². The van der Waals surface area contributed by atoms with Crippen molar-refractivity contribution in [3.8, 4) is 12.3 Å². The van der Waals surface area contributed by atoms with Crippen LogP contribution in [0.3, 0.4) is 0 Å². The van der Waals surface area contributed by atoms with E-state index in [4.69, 9.17) is 22.9 Å². The average Bonchev–Trinajstić information content (AvgIpc) is 2.14. The molecule has 1 rings (SSSR count). The fraction of sp³-hybridized carbons (Fsp3) is 0.250. The largest absolute Gasteiger partial charge is 0.286 e. The highest BCUT2D eigenvalue weighted by Gasteiger charge is 2.02. The van der Waals surface area contributed by atoms with E-state index in [1.165, 1.54) is 10.7 Å². The van der Waals surface area contributed by atoms with Crippen LogP contribution in [0.1, 0.15) is 0 Å². The van der Waals surface area contributed by atoms with Gasteiger partial charge >= 0.3 is 0 Å². The molecule has 0 spiro atoms. The molecule has 0 amide bonds. The first-order valence-electron chi connectivity index (χ1n) is 3.70. The molecule has 0 saturated carbocycles. The van der Waals surface area contributed by atoms with Crippen molar-refractivity contribution >= 4 is 17.4 Å². The first-order valence-corrected chi connectivity index (χ1v) is 4.08. The first-order chi connectivity index (χ1) is 6.65. The number of hydrogen-bond acceptors (Lipinski definition) is 4. The van der Waals surface area contributed by atoms with E-state index in [-0.39, 0.29) is 17.2 Å². The molecule has 0 radical (unpaired) electrons. The molecule has 1 heterocycles. The number of halogens is 1. The minimum atomic E-state index is -0.378. The summed E-state index contributed by atoms with van der Waals surface area (Å²) in [4.78, 5) is 15.9. The van der Waals surface area contributed by atoms with E-state index in [0.29, 0.717) is 5.82 Å². The second-order valence-corrected chi connectivity index (χ2v) is 2.76. The Balaban J connectivity index is 2.83. The summed E-state index contributed by atoms with van der Waals surface area (Å²) >= 11 is 5.50. The molecule has 0 aromatic carbocycles. The van der Waals surface area contributed by atoms with Gasteiger partial charge in [-0.25, -0.2) is 10.2 Å². The van der Waals surface area contributed by atoms with Gasteiger partial charge in [0.2, 0.25) is 5.43 Å². The van der Waals surface area contributed by atoms with Gasteiger partial charge in [0.15, 0.2) is 5.15 Å². The Hall–Kier alpha value is -1.51. The summed E-state index contributed by atoms with van der Waals surface area (Å²) in [6, 6.07) is 1.27. The van der Waals surface area contributed by atoms with Crippen molar-refractivity contribution < 1.29 is 4.84 Å². The zero-order valence-corrected chi connectivity index (χ0v) is 8.21. The lowest BCUT2D eigenvalue weighted by Gasteiger charge is -2.08. The molecule has 0 saturated heterocycles. The summed E-state index contributed by atoms with van der Waals surface area (Å²) in [6.45, 7) is 0.0941. The molecule has 14 heavy (non-hydrogen) atoms. The number of nitrogens with one attached hydrogen (secondary N) is 1. The van der Waals surface area contributed by atoms with Crippen LogP contribution in [0.4, 0.5) is 5.82 Å². The average molecular weight is 214 g/mol. The molecule has 0 aliphatic rings. The smallest absolute Gasteiger partial charge is 0.221 e. The van der Waals surface area contributed by atoms with Crippen molar-refractivity contribution in [3.63, 3.8) is 0 Å². The monoisotopic (exact) mass is 213 g/mol. The summed E-state index contributed by atoms with van der Waals surface area (Å²) in [6.07, 6.45) is 4.96. The van der Waals surface area contributed by atoms with Crippen LogP contribution in [0.15, 0.2) is 10.9 Å². The van der Waals surface area contributed by atoms with Crippen molar-refractivity contribution in [3.05, 3.63) is 21.4 Å². The van der Waals surface area contributed by atoms with Crippen molar-refractivity contribution in [2.24, 2.45) is 7.05 Å². The van der Waals surface area contributed by atoms with E-state index in [0.717, 1.165) is 0 Å². The van der Waals surface area contributed by atoms with Gasteiger partial charge in [-0.1, -0.05) is 17.5 Å². The molecule has 0 aliphatic carbocycles. The van der Waals surface area contributed by atoms with Crippen molar-refractivity contribution in [2.45, 2.75) is 0 Å². The molecule has 0 atom stereocenters. The zero-order valence-electron chi connectivity index (χ0n) is 7.45. The lowest BCUT2D eigenvalue weighted by molar-refractivity contribution is 0.230.